The van der Waals surface area contributed by atoms with Gasteiger partial charge in [0.2, 0.25) is 5.91 Å². The zero-order valence-corrected chi connectivity index (χ0v) is 16.8. The van der Waals surface area contributed by atoms with E-state index in [0.29, 0.717) is 12.6 Å². The molecular formula is C21H32N6O. The Balaban J connectivity index is 1.18. The van der Waals surface area contributed by atoms with Crippen LogP contribution in [0.5, 0.6) is 0 Å². The maximum atomic E-state index is 12.6. The number of carbonyl (C=O) groups is 1. The molecule has 1 aromatic rings. The molecule has 2 N–H and O–H groups in total. The normalized spacial score (nSPS) is 23.8. The highest BCUT2D eigenvalue weighted by Crippen LogP contribution is 2.29. The Kier molecular flexibility index (Phi) is 6.00. The van der Waals surface area contributed by atoms with Gasteiger partial charge in [-0.3, -0.25) is 14.7 Å². The van der Waals surface area contributed by atoms with E-state index in [1.165, 1.54) is 25.1 Å². The number of para-hydroxylation sites is 1. The maximum Gasteiger partial charge on any atom is 0.242 e. The molecular weight excluding hydrogens is 352 g/mol. The molecule has 1 unspecified atom stereocenters. The van der Waals surface area contributed by atoms with E-state index in [0.717, 1.165) is 51.1 Å². The lowest BCUT2D eigenvalue weighted by atomic mass is 10.2. The highest BCUT2D eigenvalue weighted by Gasteiger charge is 2.34. The van der Waals surface area contributed by atoms with Gasteiger partial charge in [-0.05, 0) is 31.4 Å². The Bertz CT molecular complexity index is 681. The topological polar surface area (TPSA) is 63.2 Å². The molecule has 0 radical (unpaired) electrons. The third kappa shape index (κ3) is 4.76. The number of anilines is 1. The fraction of sp³-hybridized carbons (Fsp3) is 0.619. The third-order valence-electron chi connectivity index (χ3n) is 6.01. The molecule has 3 fully saturated rings. The Morgan fingerprint density at radius 2 is 1.82 bits per heavy atom. The van der Waals surface area contributed by atoms with Crippen molar-refractivity contribution in [2.75, 3.05) is 57.8 Å². The second kappa shape index (κ2) is 8.82. The van der Waals surface area contributed by atoms with Crippen LogP contribution in [0.25, 0.3) is 0 Å². The molecule has 28 heavy (non-hydrogen) atoms. The van der Waals surface area contributed by atoms with Crippen molar-refractivity contribution in [2.45, 2.75) is 31.3 Å². The van der Waals surface area contributed by atoms with Crippen LogP contribution in [0.2, 0.25) is 0 Å². The van der Waals surface area contributed by atoms with Crippen LogP contribution in [-0.2, 0) is 4.79 Å². The minimum atomic E-state index is 0.140. The van der Waals surface area contributed by atoms with Crippen molar-refractivity contribution in [3.8, 4) is 0 Å². The Hall–Kier alpha value is -2.28. The van der Waals surface area contributed by atoms with E-state index in [9.17, 15) is 4.79 Å². The fourth-order valence-corrected chi connectivity index (χ4v) is 4.19. The molecule has 0 aromatic heterocycles. The van der Waals surface area contributed by atoms with Crippen LogP contribution >= 0.6 is 0 Å². The average molecular weight is 385 g/mol. The summed E-state index contributed by atoms with van der Waals surface area (Å²) in [5, 5.41) is 6.69. The van der Waals surface area contributed by atoms with Crippen LogP contribution in [0, 0.1) is 0 Å². The molecule has 1 amide bonds. The predicted molar refractivity (Wildman–Crippen MR) is 113 cm³/mol. The number of benzene rings is 1. The van der Waals surface area contributed by atoms with Gasteiger partial charge < -0.3 is 20.4 Å². The van der Waals surface area contributed by atoms with Crippen LogP contribution < -0.4 is 15.5 Å². The summed E-state index contributed by atoms with van der Waals surface area (Å²) >= 11 is 0. The van der Waals surface area contributed by atoms with Crippen LogP contribution in [-0.4, -0.2) is 86.6 Å². The van der Waals surface area contributed by atoms with Gasteiger partial charge >= 0.3 is 0 Å². The number of nitrogens with zero attached hydrogens (tertiary/aromatic N) is 4. The number of piperazine rings is 1. The number of nitrogens with one attached hydrogen (secondary N) is 2. The summed E-state index contributed by atoms with van der Waals surface area (Å²) in [7, 11) is 1.77. The van der Waals surface area contributed by atoms with E-state index >= 15 is 0 Å². The molecule has 3 aliphatic rings. The van der Waals surface area contributed by atoms with Gasteiger partial charge in [-0.15, -0.1) is 0 Å². The molecule has 2 aliphatic heterocycles. The first-order valence-electron chi connectivity index (χ1n) is 10.5. The molecule has 1 atom stereocenters. The molecule has 2 saturated heterocycles. The van der Waals surface area contributed by atoms with E-state index in [-0.39, 0.29) is 5.91 Å². The van der Waals surface area contributed by atoms with Crippen molar-refractivity contribution >= 4 is 17.6 Å². The number of hydrogen-bond donors (Lipinski definition) is 2. The predicted octanol–water partition coefficient (Wildman–Crippen LogP) is 0.737. The molecule has 1 aliphatic carbocycles. The van der Waals surface area contributed by atoms with Crippen LogP contribution in [0.4, 0.5) is 5.69 Å². The summed E-state index contributed by atoms with van der Waals surface area (Å²) in [5.74, 6) is 0.876. The summed E-state index contributed by atoms with van der Waals surface area (Å²) in [5.41, 5.74) is 1.23. The molecule has 0 spiro atoms. The zero-order valence-electron chi connectivity index (χ0n) is 16.8. The molecule has 0 bridgehead atoms. The minimum absolute atomic E-state index is 0.140. The Morgan fingerprint density at radius 1 is 1.07 bits per heavy atom. The monoisotopic (exact) mass is 384 g/mol. The second-order valence-corrected chi connectivity index (χ2v) is 7.99. The molecule has 2 heterocycles. The van der Waals surface area contributed by atoms with Crippen molar-refractivity contribution in [2.24, 2.45) is 4.99 Å². The number of carbonyl (C=O) groups excluding carboxylic acids is 1. The Morgan fingerprint density at radius 3 is 2.50 bits per heavy atom. The average Bonchev–Trinajstić information content (AvgIpc) is 3.50. The lowest BCUT2D eigenvalue weighted by molar-refractivity contribution is -0.130. The van der Waals surface area contributed by atoms with E-state index in [1.807, 2.05) is 11.0 Å². The molecule has 1 saturated carbocycles. The van der Waals surface area contributed by atoms with E-state index in [4.69, 9.17) is 0 Å². The second-order valence-electron chi connectivity index (χ2n) is 7.99. The quantitative estimate of drug-likeness (QED) is 0.579. The van der Waals surface area contributed by atoms with Gasteiger partial charge in [-0.1, -0.05) is 18.2 Å². The number of likely N-dealkylation sites (tertiary alicyclic amines) is 1. The first-order valence-corrected chi connectivity index (χ1v) is 10.5. The molecule has 1 aromatic carbocycles. The highest BCUT2D eigenvalue weighted by atomic mass is 16.2. The SMILES string of the molecule is CN=C(NCC(=O)N1CCN(c2ccccc2)CC1)NC1CCN(C2CC2)C1. The molecule has 152 valence electrons. The first-order chi connectivity index (χ1) is 13.7. The summed E-state index contributed by atoms with van der Waals surface area (Å²) in [6.45, 7) is 5.83. The van der Waals surface area contributed by atoms with Gasteiger partial charge in [-0.2, -0.15) is 0 Å². The number of guanidine groups is 1. The zero-order chi connectivity index (χ0) is 19.3. The summed E-state index contributed by atoms with van der Waals surface area (Å²) in [4.78, 5) is 23.8. The number of aliphatic imine (C=N–C) groups is 1. The van der Waals surface area contributed by atoms with Crippen LogP contribution in [0.15, 0.2) is 35.3 Å². The van der Waals surface area contributed by atoms with Crippen molar-refractivity contribution in [1.29, 1.82) is 0 Å². The fourth-order valence-electron chi connectivity index (χ4n) is 4.19. The van der Waals surface area contributed by atoms with Crippen LogP contribution in [0.1, 0.15) is 19.3 Å². The molecule has 7 nitrogen and oxygen atoms in total. The van der Waals surface area contributed by atoms with Gasteiger partial charge in [0.1, 0.15) is 0 Å². The van der Waals surface area contributed by atoms with E-state index in [1.54, 1.807) is 7.05 Å². The largest absolute Gasteiger partial charge is 0.368 e. The maximum absolute atomic E-state index is 12.6. The molecule has 7 heteroatoms. The first kappa shape index (κ1) is 19.1. The van der Waals surface area contributed by atoms with Gasteiger partial charge in [0, 0.05) is 64.1 Å². The summed E-state index contributed by atoms with van der Waals surface area (Å²) < 4.78 is 0. The summed E-state index contributed by atoms with van der Waals surface area (Å²) in [6, 6.07) is 11.6. The standard InChI is InChI=1S/C21H32N6O/c1-22-21(24-17-9-10-27(16-17)19-7-8-19)23-15-20(28)26-13-11-25(12-14-26)18-5-3-2-4-6-18/h2-6,17,19H,7-16H2,1H3,(H2,22,23,24). The minimum Gasteiger partial charge on any atom is -0.368 e. The lowest BCUT2D eigenvalue weighted by Gasteiger charge is -2.36. The number of rotatable bonds is 5. The smallest absolute Gasteiger partial charge is 0.242 e. The van der Waals surface area contributed by atoms with Crippen molar-refractivity contribution < 1.29 is 4.79 Å². The number of amides is 1. The van der Waals surface area contributed by atoms with Crippen molar-refractivity contribution in [3.05, 3.63) is 30.3 Å². The van der Waals surface area contributed by atoms with Gasteiger partial charge in [0.05, 0.1) is 6.54 Å². The van der Waals surface area contributed by atoms with Gasteiger partial charge in [0.25, 0.3) is 0 Å². The van der Waals surface area contributed by atoms with Crippen molar-refractivity contribution in [3.63, 3.8) is 0 Å². The van der Waals surface area contributed by atoms with E-state index in [2.05, 4.69) is 49.7 Å². The lowest BCUT2D eigenvalue weighted by Crippen LogP contribution is -2.53. The van der Waals surface area contributed by atoms with E-state index < -0.39 is 0 Å². The highest BCUT2D eigenvalue weighted by molar-refractivity contribution is 5.86. The third-order valence-corrected chi connectivity index (χ3v) is 6.01. The van der Waals surface area contributed by atoms with Gasteiger partial charge in [0.15, 0.2) is 5.96 Å². The Labute approximate surface area is 167 Å². The van der Waals surface area contributed by atoms with Crippen LogP contribution in [0.3, 0.4) is 0 Å². The van der Waals surface area contributed by atoms with Crippen molar-refractivity contribution in [1.82, 2.24) is 20.4 Å². The van der Waals surface area contributed by atoms with Gasteiger partial charge in [-0.25, -0.2) is 0 Å². The molecule has 4 rings (SSSR count). The number of hydrogen-bond acceptors (Lipinski definition) is 4. The summed E-state index contributed by atoms with van der Waals surface area (Å²) in [6.07, 6.45) is 3.85.